The van der Waals surface area contributed by atoms with E-state index in [1.54, 1.807) is 12.1 Å². The fourth-order valence-electron chi connectivity index (χ4n) is 3.50. The molecule has 1 unspecified atom stereocenters. The van der Waals surface area contributed by atoms with Crippen molar-refractivity contribution in [3.63, 3.8) is 0 Å². The van der Waals surface area contributed by atoms with Crippen molar-refractivity contribution >= 4 is 23.2 Å². The first-order valence-electron chi connectivity index (χ1n) is 8.51. The average molecular weight is 354 g/mol. The van der Waals surface area contributed by atoms with Crippen LogP contribution in [0.1, 0.15) is 42.5 Å². The molecule has 1 saturated carbocycles. The van der Waals surface area contributed by atoms with Gasteiger partial charge in [0.1, 0.15) is 5.75 Å². The van der Waals surface area contributed by atoms with Crippen LogP contribution in [-0.4, -0.2) is 44.6 Å². The van der Waals surface area contributed by atoms with Crippen LogP contribution in [0.4, 0.5) is 5.69 Å². The molecule has 0 aliphatic heterocycles. The zero-order chi connectivity index (χ0) is 17.7. The van der Waals surface area contributed by atoms with Crippen molar-refractivity contribution in [3.05, 3.63) is 22.7 Å². The molecule has 6 heteroatoms. The predicted octanol–water partition coefficient (Wildman–Crippen LogP) is 3.17. The fourth-order valence-corrected chi connectivity index (χ4v) is 3.66. The number of hydrogen-bond donors (Lipinski definition) is 2. The summed E-state index contributed by atoms with van der Waals surface area (Å²) in [6, 6.07) is 3.49. The molecule has 24 heavy (non-hydrogen) atoms. The Morgan fingerprint density at radius 2 is 2.04 bits per heavy atom. The lowest BCUT2D eigenvalue weighted by Gasteiger charge is -2.35. The van der Waals surface area contributed by atoms with Gasteiger partial charge in [-0.3, -0.25) is 4.79 Å². The number of nitrogens with zero attached hydrogens (tertiary/aromatic N) is 1. The second-order valence-corrected chi connectivity index (χ2v) is 7.12. The van der Waals surface area contributed by atoms with Crippen LogP contribution in [0, 0.1) is 5.92 Å². The van der Waals surface area contributed by atoms with Gasteiger partial charge in [0.25, 0.3) is 5.91 Å². The third-order valence-corrected chi connectivity index (χ3v) is 5.22. The number of hydrogen-bond acceptors (Lipinski definition) is 4. The molecule has 134 valence electrons. The lowest BCUT2D eigenvalue weighted by atomic mass is 9.83. The van der Waals surface area contributed by atoms with Crippen LogP contribution in [0.25, 0.3) is 0 Å². The van der Waals surface area contributed by atoms with E-state index in [1.807, 2.05) is 0 Å². The number of benzene rings is 1. The van der Waals surface area contributed by atoms with E-state index in [4.69, 9.17) is 22.1 Å². The maximum atomic E-state index is 12.6. The number of nitrogen functional groups attached to an aromatic ring is 1. The predicted molar refractivity (Wildman–Crippen MR) is 98.8 cm³/mol. The van der Waals surface area contributed by atoms with E-state index in [0.29, 0.717) is 40.5 Å². The number of amides is 1. The first kappa shape index (κ1) is 18.9. The Morgan fingerprint density at radius 3 is 2.62 bits per heavy atom. The molecule has 0 aromatic heterocycles. The first-order valence-corrected chi connectivity index (χ1v) is 8.89. The smallest absolute Gasteiger partial charge is 0.255 e. The average Bonchev–Trinajstić information content (AvgIpc) is 2.57. The number of methoxy groups -OCH3 is 1. The van der Waals surface area contributed by atoms with Crippen molar-refractivity contribution in [1.82, 2.24) is 10.2 Å². The molecule has 1 aromatic rings. The quantitative estimate of drug-likeness (QED) is 0.771. The maximum Gasteiger partial charge on any atom is 0.255 e. The van der Waals surface area contributed by atoms with Crippen LogP contribution in [-0.2, 0) is 0 Å². The lowest BCUT2D eigenvalue weighted by Crippen LogP contribution is -2.45. The Kier molecular flexibility index (Phi) is 6.75. The molecule has 5 nitrogen and oxygen atoms in total. The Bertz CT molecular complexity index is 572. The Hall–Kier alpha value is -1.46. The highest BCUT2D eigenvalue weighted by atomic mass is 35.5. The largest absolute Gasteiger partial charge is 0.496 e. The van der Waals surface area contributed by atoms with Crippen LogP contribution in [0.2, 0.25) is 5.02 Å². The van der Waals surface area contributed by atoms with E-state index in [1.165, 1.54) is 39.2 Å². The molecule has 1 aliphatic rings. The Labute approximate surface area is 149 Å². The van der Waals surface area contributed by atoms with Gasteiger partial charge in [0.2, 0.25) is 0 Å². The fraction of sp³-hybridized carbons (Fsp3) is 0.611. The van der Waals surface area contributed by atoms with Crippen LogP contribution in [0.5, 0.6) is 5.75 Å². The number of carbonyl (C=O) groups excluding carboxylic acids is 1. The van der Waals surface area contributed by atoms with Crippen LogP contribution in [0.3, 0.4) is 0 Å². The minimum atomic E-state index is -0.184. The van der Waals surface area contributed by atoms with Crippen molar-refractivity contribution in [1.29, 1.82) is 0 Å². The van der Waals surface area contributed by atoms with Gasteiger partial charge in [0.05, 0.1) is 23.4 Å². The van der Waals surface area contributed by atoms with Gasteiger partial charge in [-0.25, -0.2) is 0 Å². The topological polar surface area (TPSA) is 67.6 Å². The van der Waals surface area contributed by atoms with Crippen LogP contribution in [0.15, 0.2) is 12.1 Å². The highest BCUT2D eigenvalue weighted by Gasteiger charge is 2.26. The van der Waals surface area contributed by atoms with E-state index >= 15 is 0 Å². The van der Waals surface area contributed by atoms with Gasteiger partial charge >= 0.3 is 0 Å². The number of carbonyl (C=O) groups is 1. The summed E-state index contributed by atoms with van der Waals surface area (Å²) in [6.45, 7) is 0.613. The molecule has 1 atom stereocenters. The number of anilines is 1. The molecule has 1 amide bonds. The Balaban J connectivity index is 2.06. The molecule has 2 rings (SSSR count). The van der Waals surface area contributed by atoms with E-state index in [0.717, 1.165) is 0 Å². The van der Waals surface area contributed by atoms with Gasteiger partial charge in [-0.15, -0.1) is 0 Å². The first-order chi connectivity index (χ1) is 11.4. The van der Waals surface area contributed by atoms with Crippen molar-refractivity contribution in [2.75, 3.05) is 33.5 Å². The second-order valence-electron chi connectivity index (χ2n) is 6.71. The summed E-state index contributed by atoms with van der Waals surface area (Å²) in [5.74, 6) is 0.885. The van der Waals surface area contributed by atoms with Crippen LogP contribution < -0.4 is 15.8 Å². The SMILES string of the molecule is COc1cc(N)c(Cl)cc1C(=O)NCC(C1CCCCC1)N(C)C. The molecule has 1 aliphatic carbocycles. The van der Waals surface area contributed by atoms with Gasteiger partial charge in [-0.05, 0) is 38.9 Å². The van der Waals surface area contributed by atoms with Crippen molar-refractivity contribution in [3.8, 4) is 5.75 Å². The summed E-state index contributed by atoms with van der Waals surface area (Å²) in [6.07, 6.45) is 6.35. The van der Waals surface area contributed by atoms with E-state index in [2.05, 4.69) is 24.3 Å². The lowest BCUT2D eigenvalue weighted by molar-refractivity contribution is 0.0919. The maximum absolute atomic E-state index is 12.6. The molecule has 1 fully saturated rings. The van der Waals surface area contributed by atoms with Gasteiger partial charge < -0.3 is 20.7 Å². The molecule has 0 heterocycles. The van der Waals surface area contributed by atoms with E-state index < -0.39 is 0 Å². The zero-order valence-electron chi connectivity index (χ0n) is 14.8. The van der Waals surface area contributed by atoms with Gasteiger partial charge in [0.15, 0.2) is 0 Å². The summed E-state index contributed by atoms with van der Waals surface area (Å²) in [5.41, 5.74) is 6.59. The van der Waals surface area contributed by atoms with Crippen LogP contribution >= 0.6 is 11.6 Å². The number of likely N-dealkylation sites (N-methyl/N-ethyl adjacent to an activating group) is 1. The molecule has 3 N–H and O–H groups in total. The number of nitrogens with one attached hydrogen (secondary N) is 1. The second kappa shape index (κ2) is 8.58. The number of nitrogens with two attached hydrogens (primary N) is 1. The van der Waals surface area contributed by atoms with Gasteiger partial charge in [-0.2, -0.15) is 0 Å². The monoisotopic (exact) mass is 353 g/mol. The molecule has 0 spiro atoms. The minimum absolute atomic E-state index is 0.184. The molecular weight excluding hydrogens is 326 g/mol. The number of halogens is 1. The van der Waals surface area contributed by atoms with Crippen molar-refractivity contribution in [2.45, 2.75) is 38.1 Å². The summed E-state index contributed by atoms with van der Waals surface area (Å²) >= 11 is 6.05. The molecule has 0 bridgehead atoms. The standard InChI is InChI=1S/C18H28ClN3O2/c1-22(2)16(12-7-5-4-6-8-12)11-21-18(23)13-9-14(19)15(20)10-17(13)24-3/h9-10,12,16H,4-8,11,20H2,1-3H3,(H,21,23). The van der Waals surface area contributed by atoms with E-state index in [9.17, 15) is 4.79 Å². The van der Waals surface area contributed by atoms with Gasteiger partial charge in [0, 0.05) is 18.7 Å². The van der Waals surface area contributed by atoms with E-state index in [-0.39, 0.29) is 5.91 Å². The van der Waals surface area contributed by atoms with Crippen molar-refractivity contribution < 1.29 is 9.53 Å². The molecular formula is C18H28ClN3O2. The number of ether oxygens (including phenoxy) is 1. The summed E-state index contributed by atoms with van der Waals surface area (Å²) in [7, 11) is 5.67. The minimum Gasteiger partial charge on any atom is -0.496 e. The van der Waals surface area contributed by atoms with Gasteiger partial charge in [-0.1, -0.05) is 30.9 Å². The summed E-state index contributed by atoms with van der Waals surface area (Å²) in [5, 5.41) is 3.40. The molecule has 1 aromatic carbocycles. The normalized spacial score (nSPS) is 16.9. The summed E-state index contributed by atoms with van der Waals surface area (Å²) in [4.78, 5) is 14.8. The third kappa shape index (κ3) is 4.54. The number of rotatable bonds is 6. The summed E-state index contributed by atoms with van der Waals surface area (Å²) < 4.78 is 5.26. The third-order valence-electron chi connectivity index (χ3n) is 4.89. The molecule has 0 saturated heterocycles. The zero-order valence-corrected chi connectivity index (χ0v) is 15.5. The van der Waals surface area contributed by atoms with Crippen molar-refractivity contribution in [2.24, 2.45) is 5.92 Å². The molecule has 0 radical (unpaired) electrons. The highest BCUT2D eigenvalue weighted by molar-refractivity contribution is 6.33. The Morgan fingerprint density at radius 1 is 1.38 bits per heavy atom. The highest BCUT2D eigenvalue weighted by Crippen LogP contribution is 2.30.